The number of hydrogen-bond donors (Lipinski definition) is 0. The fourth-order valence-corrected chi connectivity index (χ4v) is 3.57. The van der Waals surface area contributed by atoms with Crippen molar-refractivity contribution in [2.45, 2.75) is 38.8 Å². The van der Waals surface area contributed by atoms with E-state index >= 15 is 0 Å². The van der Waals surface area contributed by atoms with Crippen molar-refractivity contribution in [1.82, 2.24) is 9.88 Å². The Bertz CT molecular complexity index is 648. The number of halogens is 1. The molecule has 1 aromatic carbocycles. The lowest BCUT2D eigenvalue weighted by Gasteiger charge is -2.39. The second kappa shape index (κ2) is 6.43. The molecule has 1 saturated heterocycles. The Hall–Kier alpha value is -1.32. The van der Waals surface area contributed by atoms with Crippen LogP contribution in [0.5, 0.6) is 0 Å². The molecule has 0 N–H and O–H groups in total. The largest absolute Gasteiger partial charge is 0.371 e. The zero-order chi connectivity index (χ0) is 15.7. The summed E-state index contributed by atoms with van der Waals surface area (Å²) in [6.45, 7) is 6.91. The summed E-state index contributed by atoms with van der Waals surface area (Å²) in [5.41, 5.74) is 2.24. The van der Waals surface area contributed by atoms with Gasteiger partial charge in [0, 0.05) is 54.5 Å². The summed E-state index contributed by atoms with van der Waals surface area (Å²) >= 11 is 6.18. The molecule has 0 bridgehead atoms. The van der Waals surface area contributed by atoms with Gasteiger partial charge in [0.15, 0.2) is 0 Å². The first-order valence-corrected chi connectivity index (χ1v) is 8.45. The number of rotatable bonds is 3. The third kappa shape index (κ3) is 3.06. The molecule has 1 aromatic heterocycles. The Balaban J connectivity index is 1.84. The monoisotopic (exact) mass is 317 g/mol. The number of piperidine rings is 1. The van der Waals surface area contributed by atoms with Crippen LogP contribution in [0.15, 0.2) is 30.5 Å². The predicted molar refractivity (Wildman–Crippen MR) is 94.9 cm³/mol. The van der Waals surface area contributed by atoms with Crippen LogP contribution in [0.2, 0.25) is 5.02 Å². The zero-order valence-electron chi connectivity index (χ0n) is 13.6. The number of anilines is 1. The highest BCUT2D eigenvalue weighted by Crippen LogP contribution is 2.30. The van der Waals surface area contributed by atoms with E-state index in [0.29, 0.717) is 12.1 Å². The molecule has 1 fully saturated rings. The smallest absolute Gasteiger partial charge is 0.0723 e. The maximum Gasteiger partial charge on any atom is 0.0723 e. The fraction of sp³-hybridized carbons (Fsp3) is 0.500. The number of fused-ring (bicyclic) bond motifs is 1. The Labute approximate surface area is 137 Å². The zero-order valence-corrected chi connectivity index (χ0v) is 14.3. The van der Waals surface area contributed by atoms with Crippen molar-refractivity contribution in [3.63, 3.8) is 0 Å². The maximum atomic E-state index is 6.18. The van der Waals surface area contributed by atoms with Crippen LogP contribution in [0.3, 0.4) is 0 Å². The van der Waals surface area contributed by atoms with Gasteiger partial charge in [0.2, 0.25) is 0 Å². The number of likely N-dealkylation sites (tertiary alicyclic amines) is 1. The van der Waals surface area contributed by atoms with Crippen LogP contribution < -0.4 is 4.90 Å². The van der Waals surface area contributed by atoms with Crippen molar-refractivity contribution in [3.8, 4) is 0 Å². The molecule has 0 unspecified atom stereocenters. The number of nitrogens with zero attached hydrogens (tertiary/aromatic N) is 3. The molecule has 0 spiro atoms. The van der Waals surface area contributed by atoms with Gasteiger partial charge in [-0.25, -0.2) is 0 Å². The van der Waals surface area contributed by atoms with Gasteiger partial charge in [0.05, 0.1) is 5.52 Å². The summed E-state index contributed by atoms with van der Waals surface area (Å²) < 4.78 is 0. The van der Waals surface area contributed by atoms with Crippen molar-refractivity contribution < 1.29 is 0 Å². The van der Waals surface area contributed by atoms with Crippen LogP contribution in [0, 0.1) is 0 Å². The molecule has 1 aliphatic heterocycles. The van der Waals surface area contributed by atoms with Crippen LogP contribution in [-0.4, -0.2) is 42.1 Å². The summed E-state index contributed by atoms with van der Waals surface area (Å²) in [6, 6.07) is 9.26. The quantitative estimate of drug-likeness (QED) is 0.846. The van der Waals surface area contributed by atoms with Gasteiger partial charge in [-0.3, -0.25) is 4.98 Å². The molecule has 0 radical (unpaired) electrons. The van der Waals surface area contributed by atoms with E-state index in [0.717, 1.165) is 15.9 Å². The van der Waals surface area contributed by atoms with E-state index in [4.69, 9.17) is 11.6 Å². The molecular formula is C18H24ClN3. The molecule has 4 heteroatoms. The second-order valence-corrected chi connectivity index (χ2v) is 6.90. The Kier molecular flexibility index (Phi) is 4.55. The third-order valence-corrected chi connectivity index (χ3v) is 5.07. The van der Waals surface area contributed by atoms with Crippen molar-refractivity contribution in [1.29, 1.82) is 0 Å². The van der Waals surface area contributed by atoms with Gasteiger partial charge in [-0.05, 0) is 51.0 Å². The van der Waals surface area contributed by atoms with E-state index in [9.17, 15) is 0 Å². The molecular weight excluding hydrogens is 294 g/mol. The summed E-state index contributed by atoms with van der Waals surface area (Å²) in [5.74, 6) is 0. The molecule has 2 heterocycles. The second-order valence-electron chi connectivity index (χ2n) is 6.46. The molecule has 1 aliphatic rings. The van der Waals surface area contributed by atoms with E-state index in [1.54, 1.807) is 0 Å². The van der Waals surface area contributed by atoms with E-state index < -0.39 is 0 Å². The van der Waals surface area contributed by atoms with E-state index in [1.165, 1.54) is 31.6 Å². The van der Waals surface area contributed by atoms with Crippen molar-refractivity contribution in [2.75, 3.05) is 25.0 Å². The standard InChI is InChI=1S/C18H24ClN3/c1-13(2)22-10-7-15(8-11-22)21(3)18-6-9-20-17-5-4-14(19)12-16(17)18/h4-6,9,12-13,15H,7-8,10-11H2,1-3H3. The van der Waals surface area contributed by atoms with E-state index in [-0.39, 0.29) is 0 Å². The molecule has 0 aliphatic carbocycles. The van der Waals surface area contributed by atoms with Crippen LogP contribution in [0.25, 0.3) is 10.9 Å². The van der Waals surface area contributed by atoms with Gasteiger partial charge in [-0.15, -0.1) is 0 Å². The van der Waals surface area contributed by atoms with Gasteiger partial charge in [0.1, 0.15) is 0 Å². The number of hydrogen-bond acceptors (Lipinski definition) is 3. The summed E-state index contributed by atoms with van der Waals surface area (Å²) in [6.07, 6.45) is 4.31. The van der Waals surface area contributed by atoms with Crippen LogP contribution in [0.1, 0.15) is 26.7 Å². The minimum absolute atomic E-state index is 0.583. The number of benzene rings is 1. The third-order valence-electron chi connectivity index (χ3n) is 4.84. The van der Waals surface area contributed by atoms with E-state index in [1.807, 2.05) is 24.4 Å². The number of aromatic nitrogens is 1. The molecule has 3 rings (SSSR count). The van der Waals surface area contributed by atoms with Crippen LogP contribution in [0.4, 0.5) is 5.69 Å². The van der Waals surface area contributed by atoms with Crippen molar-refractivity contribution in [3.05, 3.63) is 35.5 Å². The molecule has 2 aromatic rings. The summed E-state index contributed by atoms with van der Waals surface area (Å²) in [4.78, 5) is 9.43. The highest BCUT2D eigenvalue weighted by Gasteiger charge is 2.24. The SMILES string of the molecule is CC(C)N1CCC(N(C)c2ccnc3ccc(Cl)cc23)CC1. The maximum absolute atomic E-state index is 6.18. The lowest BCUT2D eigenvalue weighted by Crippen LogP contribution is -2.45. The lowest BCUT2D eigenvalue weighted by molar-refractivity contribution is 0.171. The Morgan fingerprint density at radius 2 is 1.95 bits per heavy atom. The predicted octanol–water partition coefficient (Wildman–Crippen LogP) is 4.20. The number of pyridine rings is 1. The van der Waals surface area contributed by atoms with Gasteiger partial charge in [-0.1, -0.05) is 11.6 Å². The minimum atomic E-state index is 0.583. The van der Waals surface area contributed by atoms with Gasteiger partial charge < -0.3 is 9.80 Å². The topological polar surface area (TPSA) is 19.4 Å². The Morgan fingerprint density at radius 3 is 2.64 bits per heavy atom. The van der Waals surface area contributed by atoms with Crippen molar-refractivity contribution in [2.24, 2.45) is 0 Å². The molecule has 0 saturated carbocycles. The first kappa shape index (κ1) is 15.6. The first-order chi connectivity index (χ1) is 10.6. The normalized spacial score (nSPS) is 17.3. The fourth-order valence-electron chi connectivity index (χ4n) is 3.40. The van der Waals surface area contributed by atoms with Gasteiger partial charge in [-0.2, -0.15) is 0 Å². The lowest BCUT2D eigenvalue weighted by atomic mass is 10.0. The highest BCUT2D eigenvalue weighted by atomic mass is 35.5. The molecule has 118 valence electrons. The van der Waals surface area contributed by atoms with Gasteiger partial charge in [0.25, 0.3) is 0 Å². The Morgan fingerprint density at radius 1 is 1.23 bits per heavy atom. The average Bonchev–Trinajstić information content (AvgIpc) is 2.53. The highest BCUT2D eigenvalue weighted by molar-refractivity contribution is 6.31. The van der Waals surface area contributed by atoms with Gasteiger partial charge >= 0.3 is 0 Å². The molecule has 22 heavy (non-hydrogen) atoms. The minimum Gasteiger partial charge on any atom is -0.371 e. The summed E-state index contributed by atoms with van der Waals surface area (Å²) in [5, 5.41) is 1.91. The molecule has 3 nitrogen and oxygen atoms in total. The molecule has 0 amide bonds. The average molecular weight is 318 g/mol. The first-order valence-electron chi connectivity index (χ1n) is 8.07. The van der Waals surface area contributed by atoms with Crippen LogP contribution in [-0.2, 0) is 0 Å². The summed E-state index contributed by atoms with van der Waals surface area (Å²) in [7, 11) is 2.20. The van der Waals surface area contributed by atoms with Crippen LogP contribution >= 0.6 is 11.6 Å². The van der Waals surface area contributed by atoms with E-state index in [2.05, 4.69) is 41.7 Å². The van der Waals surface area contributed by atoms with Crippen molar-refractivity contribution >= 4 is 28.2 Å². The molecule has 0 atom stereocenters.